The Balaban J connectivity index is 1.32. The summed E-state index contributed by atoms with van der Waals surface area (Å²) in [6, 6.07) is 14.0. The number of carbonyl (C=O) groups excluding carboxylic acids is 1. The zero-order chi connectivity index (χ0) is 18.8. The Morgan fingerprint density at radius 2 is 1.93 bits per heavy atom. The number of anilines is 1. The zero-order valence-corrected chi connectivity index (χ0v) is 16.2. The van der Waals surface area contributed by atoms with Crippen molar-refractivity contribution >= 4 is 23.3 Å². The highest BCUT2D eigenvalue weighted by atomic mass is 35.5. The van der Waals surface area contributed by atoms with Gasteiger partial charge in [-0.05, 0) is 42.7 Å². The smallest absolute Gasteiger partial charge is 0.317 e. The van der Waals surface area contributed by atoms with E-state index in [0.717, 1.165) is 41.5 Å². The molecule has 0 unspecified atom stereocenters. The van der Waals surface area contributed by atoms with Crippen LogP contribution in [0.4, 0.5) is 10.5 Å². The number of ether oxygens (including phenoxy) is 1. The molecule has 5 nitrogen and oxygen atoms in total. The van der Waals surface area contributed by atoms with Crippen LogP contribution in [0, 0.1) is 6.92 Å². The minimum atomic E-state index is -0.00885. The van der Waals surface area contributed by atoms with Gasteiger partial charge in [0.15, 0.2) is 0 Å². The lowest BCUT2D eigenvalue weighted by Crippen LogP contribution is -2.55. The Kier molecular flexibility index (Phi) is 5.12. The maximum atomic E-state index is 12.7. The van der Waals surface area contributed by atoms with Crippen LogP contribution in [-0.2, 0) is 6.42 Å². The second-order valence-corrected chi connectivity index (χ2v) is 7.61. The summed E-state index contributed by atoms with van der Waals surface area (Å²) in [7, 11) is 0. The SMILES string of the molecule is Cc1ccc(Cl)cc1N1CCN(C(=O)N[C@H]2COc3ccccc3C2)CC1. The first-order chi connectivity index (χ1) is 13.1. The number of para-hydroxylation sites is 1. The summed E-state index contributed by atoms with van der Waals surface area (Å²) in [5.41, 5.74) is 3.51. The molecule has 6 heteroatoms. The molecule has 0 bridgehead atoms. The van der Waals surface area contributed by atoms with Crippen molar-refractivity contribution in [1.82, 2.24) is 10.2 Å². The second-order valence-electron chi connectivity index (χ2n) is 7.17. The average molecular weight is 386 g/mol. The van der Waals surface area contributed by atoms with E-state index in [2.05, 4.69) is 23.2 Å². The number of carbonyl (C=O) groups is 1. The Morgan fingerprint density at radius 1 is 1.15 bits per heavy atom. The Labute approximate surface area is 164 Å². The first-order valence-corrected chi connectivity index (χ1v) is 9.75. The summed E-state index contributed by atoms with van der Waals surface area (Å²) in [5, 5.41) is 3.87. The maximum Gasteiger partial charge on any atom is 0.317 e. The number of nitrogens with zero attached hydrogens (tertiary/aromatic N) is 2. The number of fused-ring (bicyclic) bond motifs is 1. The molecule has 27 heavy (non-hydrogen) atoms. The van der Waals surface area contributed by atoms with Crippen LogP contribution < -0.4 is 15.0 Å². The van der Waals surface area contributed by atoms with Gasteiger partial charge >= 0.3 is 6.03 Å². The summed E-state index contributed by atoms with van der Waals surface area (Å²) in [6.45, 7) is 5.61. The fourth-order valence-electron chi connectivity index (χ4n) is 3.76. The van der Waals surface area contributed by atoms with E-state index in [-0.39, 0.29) is 12.1 Å². The number of halogens is 1. The highest BCUT2D eigenvalue weighted by Crippen LogP contribution is 2.26. The van der Waals surface area contributed by atoms with Crippen molar-refractivity contribution in [3.63, 3.8) is 0 Å². The van der Waals surface area contributed by atoms with Crippen molar-refractivity contribution in [3.8, 4) is 5.75 Å². The Morgan fingerprint density at radius 3 is 2.74 bits per heavy atom. The molecule has 0 aliphatic carbocycles. The minimum absolute atomic E-state index is 0.00885. The van der Waals surface area contributed by atoms with Crippen LogP contribution >= 0.6 is 11.6 Å². The van der Waals surface area contributed by atoms with Crippen molar-refractivity contribution in [2.45, 2.75) is 19.4 Å². The summed E-state index contributed by atoms with van der Waals surface area (Å²) in [4.78, 5) is 16.8. The number of amides is 2. The molecule has 2 aromatic rings. The molecule has 1 saturated heterocycles. The molecule has 2 aliphatic rings. The third-order valence-corrected chi connectivity index (χ3v) is 5.52. The molecule has 4 rings (SSSR count). The van der Waals surface area contributed by atoms with Crippen LogP contribution in [0.15, 0.2) is 42.5 Å². The molecule has 1 fully saturated rings. The highest BCUT2D eigenvalue weighted by Gasteiger charge is 2.26. The van der Waals surface area contributed by atoms with Gasteiger partial charge in [-0.3, -0.25) is 0 Å². The van der Waals surface area contributed by atoms with E-state index in [1.165, 1.54) is 5.56 Å². The molecule has 2 aliphatic heterocycles. The van der Waals surface area contributed by atoms with Gasteiger partial charge in [0, 0.05) is 36.9 Å². The largest absolute Gasteiger partial charge is 0.491 e. The van der Waals surface area contributed by atoms with Gasteiger partial charge in [0.05, 0.1) is 6.04 Å². The molecule has 0 aromatic heterocycles. The number of hydrogen-bond acceptors (Lipinski definition) is 3. The molecule has 0 radical (unpaired) electrons. The van der Waals surface area contributed by atoms with E-state index in [1.807, 2.05) is 41.3 Å². The first-order valence-electron chi connectivity index (χ1n) is 9.37. The minimum Gasteiger partial charge on any atom is -0.491 e. The predicted molar refractivity (Wildman–Crippen MR) is 108 cm³/mol. The van der Waals surface area contributed by atoms with Crippen molar-refractivity contribution in [3.05, 3.63) is 58.6 Å². The fraction of sp³-hybridized carbons (Fsp3) is 0.381. The number of urea groups is 1. The van der Waals surface area contributed by atoms with Crippen LogP contribution in [-0.4, -0.2) is 49.8 Å². The molecular weight excluding hydrogens is 362 g/mol. The second kappa shape index (κ2) is 7.69. The van der Waals surface area contributed by atoms with Crippen molar-refractivity contribution in [1.29, 1.82) is 0 Å². The van der Waals surface area contributed by atoms with Crippen molar-refractivity contribution in [2.75, 3.05) is 37.7 Å². The van der Waals surface area contributed by atoms with Crippen molar-refractivity contribution in [2.24, 2.45) is 0 Å². The van der Waals surface area contributed by atoms with Crippen LogP contribution in [0.2, 0.25) is 5.02 Å². The van der Waals surface area contributed by atoms with Gasteiger partial charge in [-0.2, -0.15) is 0 Å². The van der Waals surface area contributed by atoms with E-state index in [4.69, 9.17) is 16.3 Å². The molecule has 0 spiro atoms. The van der Waals surface area contributed by atoms with Crippen LogP contribution in [0.25, 0.3) is 0 Å². The number of nitrogens with one attached hydrogen (secondary N) is 1. The molecule has 1 atom stereocenters. The number of hydrogen-bond donors (Lipinski definition) is 1. The van der Waals surface area contributed by atoms with Gasteiger partial charge in [-0.15, -0.1) is 0 Å². The standard InChI is InChI=1S/C21H24ClN3O2/c1-15-6-7-17(22)13-19(15)24-8-10-25(11-9-24)21(26)23-18-12-16-4-2-3-5-20(16)27-14-18/h2-7,13,18H,8-12,14H2,1H3,(H,23,26)/t18-/m1/s1. The van der Waals surface area contributed by atoms with Gasteiger partial charge in [-0.1, -0.05) is 35.9 Å². The molecule has 2 aromatic carbocycles. The third-order valence-electron chi connectivity index (χ3n) is 5.29. The van der Waals surface area contributed by atoms with Gasteiger partial charge in [0.25, 0.3) is 0 Å². The highest BCUT2D eigenvalue weighted by molar-refractivity contribution is 6.30. The fourth-order valence-corrected chi connectivity index (χ4v) is 3.93. The number of rotatable bonds is 2. The quantitative estimate of drug-likeness (QED) is 0.860. The Bertz CT molecular complexity index is 834. The molecule has 142 valence electrons. The van der Waals surface area contributed by atoms with E-state index in [9.17, 15) is 4.79 Å². The average Bonchev–Trinajstić information content (AvgIpc) is 2.70. The summed E-state index contributed by atoms with van der Waals surface area (Å²) >= 11 is 6.15. The molecule has 0 saturated carbocycles. The van der Waals surface area contributed by atoms with E-state index < -0.39 is 0 Å². The van der Waals surface area contributed by atoms with E-state index in [0.29, 0.717) is 19.7 Å². The van der Waals surface area contributed by atoms with Gasteiger partial charge in [-0.25, -0.2) is 4.79 Å². The van der Waals surface area contributed by atoms with E-state index >= 15 is 0 Å². The van der Waals surface area contributed by atoms with Gasteiger partial charge < -0.3 is 19.9 Å². The summed E-state index contributed by atoms with van der Waals surface area (Å²) < 4.78 is 5.77. The van der Waals surface area contributed by atoms with Crippen LogP contribution in [0.5, 0.6) is 5.75 Å². The topological polar surface area (TPSA) is 44.8 Å². The van der Waals surface area contributed by atoms with E-state index in [1.54, 1.807) is 0 Å². The molecule has 2 amide bonds. The lowest BCUT2D eigenvalue weighted by molar-refractivity contribution is 0.178. The molecular formula is C21H24ClN3O2. The lowest BCUT2D eigenvalue weighted by atomic mass is 10.0. The lowest BCUT2D eigenvalue weighted by Gasteiger charge is -2.37. The summed E-state index contributed by atoms with van der Waals surface area (Å²) in [6.07, 6.45) is 0.809. The monoisotopic (exact) mass is 385 g/mol. The number of aryl methyl sites for hydroxylation is 1. The maximum absolute atomic E-state index is 12.7. The Hall–Kier alpha value is -2.40. The zero-order valence-electron chi connectivity index (χ0n) is 15.5. The van der Waals surface area contributed by atoms with Crippen LogP contribution in [0.1, 0.15) is 11.1 Å². The number of benzene rings is 2. The van der Waals surface area contributed by atoms with Gasteiger partial charge in [0.2, 0.25) is 0 Å². The molecule has 1 N–H and O–H groups in total. The van der Waals surface area contributed by atoms with Crippen molar-refractivity contribution < 1.29 is 9.53 Å². The number of piperazine rings is 1. The van der Waals surface area contributed by atoms with Crippen LogP contribution in [0.3, 0.4) is 0 Å². The predicted octanol–water partition coefficient (Wildman–Crippen LogP) is 3.48. The first kappa shape index (κ1) is 18.0. The normalized spacial score (nSPS) is 19.3. The third kappa shape index (κ3) is 3.98. The summed E-state index contributed by atoms with van der Waals surface area (Å²) in [5.74, 6) is 0.925. The van der Waals surface area contributed by atoms with Gasteiger partial charge in [0.1, 0.15) is 12.4 Å². The molecule has 2 heterocycles.